The molecular weight excluding hydrogens is 247 g/mol. The van der Waals surface area contributed by atoms with Crippen LogP contribution in [0.3, 0.4) is 0 Å². The maximum Gasteiger partial charge on any atom is 0.182 e. The van der Waals surface area contributed by atoms with E-state index in [9.17, 15) is 4.79 Å². The number of anilines is 2. The fourth-order valence-electron chi connectivity index (χ4n) is 2.60. The normalized spacial score (nSPS) is 13.4. The molecule has 2 aromatic rings. The highest BCUT2D eigenvalue weighted by Crippen LogP contribution is 2.34. The first-order valence-electron chi connectivity index (χ1n) is 6.80. The largest absolute Gasteiger partial charge is 0.355 e. The molecule has 1 heterocycles. The Morgan fingerprint density at radius 3 is 2.45 bits per heavy atom. The number of rotatable bonds is 3. The Hall–Kier alpha value is -2.23. The van der Waals surface area contributed by atoms with Gasteiger partial charge in [-0.15, -0.1) is 0 Å². The van der Waals surface area contributed by atoms with Gasteiger partial charge in [0.25, 0.3) is 0 Å². The fraction of sp³-hybridized carbons (Fsp3) is 0.188. The van der Waals surface area contributed by atoms with Gasteiger partial charge in [-0.2, -0.15) is 0 Å². The van der Waals surface area contributed by atoms with E-state index in [0.29, 0.717) is 6.54 Å². The fourth-order valence-corrected chi connectivity index (χ4v) is 2.60. The van der Waals surface area contributed by atoms with Crippen LogP contribution >= 0.6 is 0 Å². The van der Waals surface area contributed by atoms with E-state index < -0.39 is 0 Å². The second-order valence-electron chi connectivity index (χ2n) is 5.32. The van der Waals surface area contributed by atoms with Crippen molar-refractivity contribution >= 4 is 30.5 Å². The first-order chi connectivity index (χ1) is 9.65. The van der Waals surface area contributed by atoms with Gasteiger partial charge < -0.3 is 9.80 Å². The smallest absolute Gasteiger partial charge is 0.182 e. The van der Waals surface area contributed by atoms with Gasteiger partial charge in [-0.1, -0.05) is 41.9 Å². The summed E-state index contributed by atoms with van der Waals surface area (Å²) in [7, 11) is 4.08. The van der Waals surface area contributed by atoms with Crippen LogP contribution in [-0.4, -0.2) is 33.9 Å². The molecule has 0 aromatic heterocycles. The van der Waals surface area contributed by atoms with Crippen molar-refractivity contribution < 1.29 is 4.79 Å². The van der Waals surface area contributed by atoms with E-state index in [1.165, 1.54) is 11.2 Å². The van der Waals surface area contributed by atoms with Crippen molar-refractivity contribution in [1.29, 1.82) is 0 Å². The molecular formula is C16H17BN2O. The Morgan fingerprint density at radius 1 is 1.10 bits per heavy atom. The molecule has 2 aromatic carbocycles. The number of hydrogen-bond acceptors (Lipinski definition) is 3. The molecule has 20 heavy (non-hydrogen) atoms. The van der Waals surface area contributed by atoms with Crippen LogP contribution in [0.5, 0.6) is 0 Å². The highest BCUT2D eigenvalue weighted by Gasteiger charge is 2.24. The van der Waals surface area contributed by atoms with Crippen LogP contribution in [0, 0.1) is 0 Å². The summed E-state index contributed by atoms with van der Waals surface area (Å²) in [5.74, 6) is 0.162. The van der Waals surface area contributed by atoms with Gasteiger partial charge in [0.15, 0.2) is 5.78 Å². The van der Waals surface area contributed by atoms with Crippen molar-refractivity contribution in [2.24, 2.45) is 0 Å². The number of nitrogens with zero attached hydrogens (tertiary/aromatic N) is 2. The zero-order valence-electron chi connectivity index (χ0n) is 11.8. The molecule has 4 heteroatoms. The third-order valence-corrected chi connectivity index (χ3v) is 3.72. The number of fused-ring (bicyclic) bond motifs is 1. The number of benzene rings is 2. The van der Waals surface area contributed by atoms with E-state index in [1.807, 2.05) is 44.2 Å². The SMILES string of the molecule is Bc1ccc(C(=O)CN2CN(C)c3ccccc32)cc1. The number of carbonyl (C=O) groups is 1. The van der Waals surface area contributed by atoms with Crippen molar-refractivity contribution in [3.63, 3.8) is 0 Å². The van der Waals surface area contributed by atoms with Gasteiger partial charge in [0.1, 0.15) is 7.85 Å². The standard InChI is InChI=1S/C16H17BN2O/c1-18-11-19(15-5-3-2-4-14(15)18)10-16(20)12-6-8-13(17)9-7-12/h2-9H,10-11,17H2,1H3. The molecule has 1 aliphatic rings. The summed E-state index contributed by atoms with van der Waals surface area (Å²) in [5.41, 5.74) is 4.27. The van der Waals surface area contributed by atoms with Crippen molar-refractivity contribution in [2.45, 2.75) is 0 Å². The van der Waals surface area contributed by atoms with Crippen LogP contribution < -0.4 is 15.3 Å². The molecule has 0 saturated carbocycles. The van der Waals surface area contributed by atoms with Gasteiger partial charge >= 0.3 is 0 Å². The first-order valence-corrected chi connectivity index (χ1v) is 6.80. The van der Waals surface area contributed by atoms with Crippen LogP contribution in [0.15, 0.2) is 48.5 Å². The summed E-state index contributed by atoms with van der Waals surface area (Å²) in [5, 5.41) is 0. The van der Waals surface area contributed by atoms with Gasteiger partial charge in [0.05, 0.1) is 24.6 Å². The predicted octanol–water partition coefficient (Wildman–Crippen LogP) is 1.04. The van der Waals surface area contributed by atoms with E-state index in [-0.39, 0.29) is 5.78 Å². The second-order valence-corrected chi connectivity index (χ2v) is 5.32. The number of Topliss-reactive ketones (excluding diaryl/α,β-unsaturated/α-hetero) is 1. The minimum absolute atomic E-state index is 0.162. The van der Waals surface area contributed by atoms with E-state index in [4.69, 9.17) is 0 Å². The number of ketones is 1. The highest BCUT2D eigenvalue weighted by atomic mass is 16.1. The molecule has 100 valence electrons. The summed E-state index contributed by atoms with van der Waals surface area (Å²) >= 11 is 0. The molecule has 0 amide bonds. The average molecular weight is 264 g/mol. The van der Waals surface area contributed by atoms with E-state index >= 15 is 0 Å². The van der Waals surface area contributed by atoms with E-state index in [1.54, 1.807) is 0 Å². The third-order valence-electron chi connectivity index (χ3n) is 3.72. The molecule has 0 radical (unpaired) electrons. The van der Waals surface area contributed by atoms with Gasteiger partial charge in [-0.3, -0.25) is 4.79 Å². The maximum absolute atomic E-state index is 12.4. The molecule has 3 nitrogen and oxygen atoms in total. The molecule has 0 bridgehead atoms. The maximum atomic E-state index is 12.4. The quantitative estimate of drug-likeness (QED) is 0.611. The van der Waals surface area contributed by atoms with Crippen LogP contribution in [0.4, 0.5) is 11.4 Å². The Balaban J connectivity index is 1.79. The molecule has 0 unspecified atom stereocenters. The molecule has 1 aliphatic heterocycles. The van der Waals surface area contributed by atoms with Crippen LogP contribution in [-0.2, 0) is 0 Å². The number of carbonyl (C=O) groups excluding carboxylic acids is 1. The van der Waals surface area contributed by atoms with Gasteiger partial charge in [0.2, 0.25) is 0 Å². The zero-order valence-corrected chi connectivity index (χ0v) is 11.8. The Morgan fingerprint density at radius 2 is 1.75 bits per heavy atom. The first kappa shape index (κ1) is 12.8. The molecule has 0 N–H and O–H groups in total. The molecule has 0 saturated heterocycles. The molecule has 0 aliphatic carbocycles. The van der Waals surface area contributed by atoms with E-state index in [0.717, 1.165) is 17.9 Å². The summed E-state index contributed by atoms with van der Waals surface area (Å²) in [6, 6.07) is 16.0. The summed E-state index contributed by atoms with van der Waals surface area (Å²) in [6.45, 7) is 1.18. The molecule has 0 fully saturated rings. The average Bonchev–Trinajstić information content (AvgIpc) is 2.77. The number of para-hydroxylation sites is 2. The monoisotopic (exact) mass is 264 g/mol. The van der Waals surface area contributed by atoms with Gasteiger partial charge in [-0.25, -0.2) is 0 Å². The zero-order chi connectivity index (χ0) is 14.1. The highest BCUT2D eigenvalue weighted by molar-refractivity contribution is 6.32. The summed E-state index contributed by atoms with van der Waals surface area (Å²) < 4.78 is 0. The lowest BCUT2D eigenvalue weighted by Crippen LogP contribution is -2.32. The van der Waals surface area contributed by atoms with Crippen molar-refractivity contribution in [3.05, 3.63) is 54.1 Å². The summed E-state index contributed by atoms with van der Waals surface area (Å²) in [4.78, 5) is 16.7. The minimum atomic E-state index is 0.162. The minimum Gasteiger partial charge on any atom is -0.355 e. The Bertz CT molecular complexity index is 639. The Labute approximate surface area is 120 Å². The van der Waals surface area contributed by atoms with Crippen molar-refractivity contribution in [3.8, 4) is 0 Å². The van der Waals surface area contributed by atoms with Crippen LogP contribution in [0.1, 0.15) is 10.4 Å². The van der Waals surface area contributed by atoms with Crippen molar-refractivity contribution in [2.75, 3.05) is 30.1 Å². The lowest BCUT2D eigenvalue weighted by Gasteiger charge is -2.18. The van der Waals surface area contributed by atoms with Crippen LogP contribution in [0.25, 0.3) is 0 Å². The second kappa shape index (κ2) is 5.04. The van der Waals surface area contributed by atoms with Crippen LogP contribution in [0.2, 0.25) is 0 Å². The summed E-state index contributed by atoms with van der Waals surface area (Å²) in [6.07, 6.45) is 0. The van der Waals surface area contributed by atoms with Crippen molar-refractivity contribution in [1.82, 2.24) is 0 Å². The molecule has 0 spiro atoms. The van der Waals surface area contributed by atoms with Gasteiger partial charge in [-0.05, 0) is 12.1 Å². The lowest BCUT2D eigenvalue weighted by molar-refractivity contribution is 0.0999. The predicted molar refractivity (Wildman–Crippen MR) is 86.0 cm³/mol. The topological polar surface area (TPSA) is 23.6 Å². The van der Waals surface area contributed by atoms with Gasteiger partial charge in [0, 0.05) is 12.6 Å². The molecule has 3 rings (SSSR count). The number of hydrogen-bond donors (Lipinski definition) is 0. The third kappa shape index (κ3) is 2.29. The Kier molecular flexibility index (Phi) is 3.22. The van der Waals surface area contributed by atoms with E-state index in [2.05, 4.69) is 29.0 Å². The molecule has 0 atom stereocenters. The lowest BCUT2D eigenvalue weighted by atomic mass is 9.94.